The minimum atomic E-state index is -3.47. The van der Waals surface area contributed by atoms with Crippen LogP contribution >= 0.6 is 0 Å². The Kier molecular flexibility index (Phi) is 6.17. The zero-order valence-corrected chi connectivity index (χ0v) is 18.1. The van der Waals surface area contributed by atoms with Gasteiger partial charge in [0.2, 0.25) is 10.0 Å². The van der Waals surface area contributed by atoms with Gasteiger partial charge >= 0.3 is 0 Å². The first-order valence-corrected chi connectivity index (χ1v) is 11.7. The molecule has 0 spiro atoms. The van der Waals surface area contributed by atoms with Crippen LogP contribution < -0.4 is 14.4 Å². The molecule has 1 amide bonds. The minimum absolute atomic E-state index is 0.129. The average molecular weight is 417 g/mol. The number of sulfonamides is 1. The van der Waals surface area contributed by atoms with Crippen molar-refractivity contribution in [2.24, 2.45) is 0 Å². The molecule has 1 aliphatic heterocycles. The van der Waals surface area contributed by atoms with Gasteiger partial charge in [-0.2, -0.15) is 0 Å². The summed E-state index contributed by atoms with van der Waals surface area (Å²) in [5.41, 5.74) is 3.86. The van der Waals surface area contributed by atoms with Gasteiger partial charge in [0.15, 0.2) is 6.10 Å². The highest BCUT2D eigenvalue weighted by Gasteiger charge is 2.32. The van der Waals surface area contributed by atoms with Crippen molar-refractivity contribution in [1.29, 1.82) is 0 Å². The van der Waals surface area contributed by atoms with Gasteiger partial charge in [-0.05, 0) is 43.5 Å². The lowest BCUT2D eigenvalue weighted by atomic mass is 9.97. The molecule has 7 heteroatoms. The molecule has 0 bridgehead atoms. The third-order valence-electron chi connectivity index (χ3n) is 5.22. The Morgan fingerprint density at radius 3 is 2.62 bits per heavy atom. The number of ether oxygens (including phenoxy) is 1. The molecule has 6 nitrogen and oxygen atoms in total. The first-order valence-electron chi connectivity index (χ1n) is 9.81. The number of fused-ring (bicyclic) bond motifs is 1. The number of benzene rings is 2. The molecule has 0 aromatic heterocycles. The molecular formula is C22H28N2O4S. The fourth-order valence-corrected chi connectivity index (χ4v) is 4.69. The SMILES string of the molecule is CCC(NC(=O)C1CCN(S(C)(=O)=O)c2ccccc2O1)c1ccc(C)cc1C. The highest BCUT2D eigenvalue weighted by Crippen LogP contribution is 2.34. The van der Waals surface area contributed by atoms with E-state index in [-0.39, 0.29) is 24.9 Å². The third-order valence-corrected chi connectivity index (χ3v) is 6.40. The van der Waals surface area contributed by atoms with E-state index >= 15 is 0 Å². The number of nitrogens with zero attached hydrogens (tertiary/aromatic N) is 1. The summed E-state index contributed by atoms with van der Waals surface area (Å²) in [5.74, 6) is 0.164. The van der Waals surface area contributed by atoms with Crippen molar-refractivity contribution in [3.8, 4) is 5.75 Å². The second kappa shape index (κ2) is 8.45. The lowest BCUT2D eigenvalue weighted by Gasteiger charge is -2.23. The molecule has 0 radical (unpaired) electrons. The second-order valence-electron chi connectivity index (χ2n) is 7.53. The molecule has 1 N–H and O–H groups in total. The van der Waals surface area contributed by atoms with Crippen molar-refractivity contribution in [2.45, 2.75) is 45.8 Å². The molecule has 2 aromatic rings. The summed E-state index contributed by atoms with van der Waals surface area (Å²) in [7, 11) is -3.47. The van der Waals surface area contributed by atoms with Gasteiger partial charge in [-0.1, -0.05) is 42.8 Å². The zero-order valence-electron chi connectivity index (χ0n) is 17.3. The molecule has 156 valence electrons. The minimum Gasteiger partial charge on any atom is -0.478 e. The molecule has 2 unspecified atom stereocenters. The number of aryl methyl sites for hydroxylation is 2. The van der Waals surface area contributed by atoms with Crippen molar-refractivity contribution in [3.05, 3.63) is 59.2 Å². The highest BCUT2D eigenvalue weighted by molar-refractivity contribution is 7.92. The second-order valence-corrected chi connectivity index (χ2v) is 9.43. The number of para-hydroxylation sites is 2. The van der Waals surface area contributed by atoms with Crippen molar-refractivity contribution in [3.63, 3.8) is 0 Å². The largest absolute Gasteiger partial charge is 0.478 e. The molecule has 2 aromatic carbocycles. The molecule has 0 saturated heterocycles. The third kappa shape index (κ3) is 4.72. The van der Waals surface area contributed by atoms with E-state index in [2.05, 4.69) is 11.4 Å². The molecule has 2 atom stereocenters. The van der Waals surface area contributed by atoms with Crippen LogP contribution in [0.4, 0.5) is 5.69 Å². The van der Waals surface area contributed by atoms with Crippen LogP contribution in [-0.2, 0) is 14.8 Å². The van der Waals surface area contributed by atoms with Gasteiger partial charge in [0.05, 0.1) is 18.0 Å². The summed E-state index contributed by atoms with van der Waals surface area (Å²) in [6, 6.07) is 13.0. The van der Waals surface area contributed by atoms with E-state index in [4.69, 9.17) is 4.74 Å². The van der Waals surface area contributed by atoms with E-state index in [0.29, 0.717) is 11.4 Å². The Bertz CT molecular complexity index is 1000. The number of carbonyl (C=O) groups is 1. The monoisotopic (exact) mass is 416 g/mol. The Balaban J connectivity index is 1.83. The summed E-state index contributed by atoms with van der Waals surface area (Å²) in [4.78, 5) is 13.0. The standard InChI is InChI=1S/C22H28N2O4S/c1-5-18(17-11-10-15(2)14-16(17)3)23-22(25)21-12-13-24(29(4,26)27)19-8-6-7-9-20(19)28-21/h6-11,14,18,21H,5,12-13H2,1-4H3,(H,23,25). The molecule has 0 fully saturated rings. The fraction of sp³-hybridized carbons (Fsp3) is 0.409. The highest BCUT2D eigenvalue weighted by atomic mass is 32.2. The molecule has 0 aliphatic carbocycles. The van der Waals surface area contributed by atoms with Gasteiger partial charge < -0.3 is 10.1 Å². The number of nitrogens with one attached hydrogen (secondary N) is 1. The average Bonchev–Trinajstić information content (AvgIpc) is 2.86. The summed E-state index contributed by atoms with van der Waals surface area (Å²) >= 11 is 0. The smallest absolute Gasteiger partial charge is 0.261 e. The molecule has 29 heavy (non-hydrogen) atoms. The predicted molar refractivity (Wildman–Crippen MR) is 115 cm³/mol. The van der Waals surface area contributed by atoms with Crippen LogP contribution in [0.3, 0.4) is 0 Å². The lowest BCUT2D eigenvalue weighted by molar-refractivity contribution is -0.128. The van der Waals surface area contributed by atoms with E-state index in [9.17, 15) is 13.2 Å². The number of rotatable bonds is 5. The van der Waals surface area contributed by atoms with Gasteiger partial charge in [-0.15, -0.1) is 0 Å². The van der Waals surface area contributed by atoms with Gasteiger partial charge in [0.25, 0.3) is 5.91 Å². The molecule has 3 rings (SSSR count). The van der Waals surface area contributed by atoms with Crippen LogP contribution in [0.5, 0.6) is 5.75 Å². The molecule has 1 aliphatic rings. The normalized spacial score (nSPS) is 17.7. The summed E-state index contributed by atoms with van der Waals surface area (Å²) in [5, 5.41) is 3.09. The van der Waals surface area contributed by atoms with E-state index < -0.39 is 16.1 Å². The van der Waals surface area contributed by atoms with Gasteiger partial charge in [0, 0.05) is 13.0 Å². The zero-order chi connectivity index (χ0) is 21.2. The van der Waals surface area contributed by atoms with E-state index in [0.717, 1.165) is 23.8 Å². The summed E-state index contributed by atoms with van der Waals surface area (Å²) in [6.45, 7) is 6.30. The maximum Gasteiger partial charge on any atom is 0.261 e. The Labute approximate surface area is 172 Å². The van der Waals surface area contributed by atoms with E-state index in [1.807, 2.05) is 32.9 Å². The van der Waals surface area contributed by atoms with Gasteiger partial charge in [0.1, 0.15) is 5.75 Å². The number of hydrogen-bond acceptors (Lipinski definition) is 4. The first-order chi connectivity index (χ1) is 13.7. The topological polar surface area (TPSA) is 75.7 Å². The molecule has 1 heterocycles. The van der Waals surface area contributed by atoms with Crippen LogP contribution in [0.1, 0.15) is 42.5 Å². The first kappa shape index (κ1) is 21.2. The van der Waals surface area contributed by atoms with E-state index in [1.54, 1.807) is 24.3 Å². The van der Waals surface area contributed by atoms with Gasteiger partial charge in [-0.25, -0.2) is 8.42 Å². The van der Waals surface area contributed by atoms with Crippen LogP contribution in [0.15, 0.2) is 42.5 Å². The van der Waals surface area contributed by atoms with Crippen LogP contribution in [-0.4, -0.2) is 33.2 Å². The van der Waals surface area contributed by atoms with Crippen molar-refractivity contribution in [1.82, 2.24) is 5.32 Å². The van der Waals surface area contributed by atoms with Crippen LogP contribution in [0.2, 0.25) is 0 Å². The molecule has 0 saturated carbocycles. The van der Waals surface area contributed by atoms with Crippen LogP contribution in [0, 0.1) is 13.8 Å². The summed E-state index contributed by atoms with van der Waals surface area (Å²) in [6.07, 6.45) is 1.42. The number of hydrogen-bond donors (Lipinski definition) is 1. The van der Waals surface area contributed by atoms with Gasteiger partial charge in [-0.3, -0.25) is 9.10 Å². The Hall–Kier alpha value is -2.54. The van der Waals surface area contributed by atoms with Crippen LogP contribution in [0.25, 0.3) is 0 Å². The maximum absolute atomic E-state index is 13.0. The lowest BCUT2D eigenvalue weighted by Crippen LogP contribution is -2.41. The van der Waals surface area contributed by atoms with Crippen molar-refractivity contribution >= 4 is 21.6 Å². The molecular weight excluding hydrogens is 388 g/mol. The number of amides is 1. The Morgan fingerprint density at radius 2 is 1.97 bits per heavy atom. The predicted octanol–water partition coefficient (Wildman–Crippen LogP) is 3.49. The Morgan fingerprint density at radius 1 is 1.24 bits per heavy atom. The quantitative estimate of drug-likeness (QED) is 0.810. The number of anilines is 1. The fourth-order valence-electron chi connectivity index (χ4n) is 3.74. The van der Waals surface area contributed by atoms with Crippen molar-refractivity contribution in [2.75, 3.05) is 17.1 Å². The maximum atomic E-state index is 13.0. The van der Waals surface area contributed by atoms with E-state index in [1.165, 1.54) is 9.87 Å². The summed E-state index contributed by atoms with van der Waals surface area (Å²) < 4.78 is 31.7. The van der Waals surface area contributed by atoms with Crippen molar-refractivity contribution < 1.29 is 17.9 Å². The number of carbonyl (C=O) groups excluding carboxylic acids is 1.